The Balaban J connectivity index is 0.00000169. The molecule has 0 saturated heterocycles. The SMILES string of the molecule is N#Cc1ccc(CSC(N)=[NH2+])cc1.[Br-]. The van der Waals surface area contributed by atoms with Gasteiger partial charge >= 0.3 is 0 Å². The lowest BCUT2D eigenvalue weighted by Crippen LogP contribution is -3.00. The maximum atomic E-state index is 8.55. The largest absolute Gasteiger partial charge is 1.00 e. The van der Waals surface area contributed by atoms with Crippen molar-refractivity contribution in [3.05, 3.63) is 35.4 Å². The standard InChI is InChI=1S/C9H9N3S.BrH/c10-5-7-1-3-8(4-2-7)6-13-9(11)12;/h1-4H,6H2,(H3,11,12);1H. The van der Waals surface area contributed by atoms with E-state index in [1.54, 1.807) is 12.1 Å². The number of thioether (sulfide) groups is 1. The summed E-state index contributed by atoms with van der Waals surface area (Å²) in [5.74, 6) is 0.744. The molecule has 0 amide bonds. The average molecular weight is 272 g/mol. The highest BCUT2D eigenvalue weighted by molar-refractivity contribution is 8.12. The minimum Gasteiger partial charge on any atom is -1.00 e. The summed E-state index contributed by atoms with van der Waals surface area (Å²) in [6.45, 7) is 0. The fraction of sp³-hybridized carbons (Fsp3) is 0.111. The predicted molar refractivity (Wildman–Crippen MR) is 53.6 cm³/mol. The third-order valence-corrected chi connectivity index (χ3v) is 2.30. The van der Waals surface area contributed by atoms with E-state index < -0.39 is 0 Å². The molecule has 0 unspecified atom stereocenters. The van der Waals surface area contributed by atoms with Gasteiger partial charge in [-0.15, -0.1) is 0 Å². The Morgan fingerprint density at radius 2 is 2.00 bits per heavy atom. The van der Waals surface area contributed by atoms with Crippen LogP contribution in [0.3, 0.4) is 0 Å². The fourth-order valence-corrected chi connectivity index (χ4v) is 1.37. The average Bonchev–Trinajstić information content (AvgIpc) is 2.15. The number of nitriles is 1. The molecule has 0 fully saturated rings. The van der Waals surface area contributed by atoms with E-state index in [1.807, 2.05) is 12.1 Å². The molecule has 0 spiro atoms. The Labute approximate surface area is 97.6 Å². The van der Waals surface area contributed by atoms with E-state index in [2.05, 4.69) is 6.07 Å². The Kier molecular flexibility index (Phi) is 6.00. The molecule has 14 heavy (non-hydrogen) atoms. The molecule has 0 aliphatic rings. The first-order chi connectivity index (χ1) is 6.22. The van der Waals surface area contributed by atoms with Crippen LogP contribution in [0.25, 0.3) is 0 Å². The van der Waals surface area contributed by atoms with Crippen LogP contribution < -0.4 is 28.1 Å². The van der Waals surface area contributed by atoms with Gasteiger partial charge in [-0.1, -0.05) is 12.1 Å². The van der Waals surface area contributed by atoms with Gasteiger partial charge < -0.3 is 17.0 Å². The molecule has 0 heterocycles. The minimum atomic E-state index is 0. The third kappa shape index (κ3) is 4.30. The number of nitrogens with two attached hydrogens (primary N) is 2. The number of amidine groups is 1. The van der Waals surface area contributed by atoms with Crippen molar-refractivity contribution in [3.8, 4) is 6.07 Å². The molecule has 0 aliphatic heterocycles. The molecule has 1 aromatic carbocycles. The molecule has 0 atom stereocenters. The number of benzene rings is 1. The van der Waals surface area contributed by atoms with Crippen LogP contribution in [0.2, 0.25) is 0 Å². The van der Waals surface area contributed by atoms with Crippen LogP contribution in [-0.2, 0) is 5.75 Å². The summed E-state index contributed by atoms with van der Waals surface area (Å²) in [4.78, 5) is 0. The molecule has 0 aromatic heterocycles. The van der Waals surface area contributed by atoms with E-state index in [0.29, 0.717) is 10.7 Å². The fourth-order valence-electron chi connectivity index (χ4n) is 0.842. The highest BCUT2D eigenvalue weighted by Crippen LogP contribution is 2.11. The zero-order valence-electron chi connectivity index (χ0n) is 7.40. The lowest BCUT2D eigenvalue weighted by Gasteiger charge is -1.96. The number of hydrogen-bond acceptors (Lipinski definition) is 2. The van der Waals surface area contributed by atoms with Gasteiger partial charge in [-0.2, -0.15) is 5.26 Å². The Hall–Kier alpha value is -0.990. The second kappa shape index (κ2) is 6.46. The smallest absolute Gasteiger partial charge is 0.300 e. The lowest BCUT2D eigenvalue weighted by molar-refractivity contribution is -0.110. The molecule has 1 aromatic rings. The summed E-state index contributed by atoms with van der Waals surface area (Å²) in [7, 11) is 0. The molecule has 0 bridgehead atoms. The predicted octanol–water partition coefficient (Wildman–Crippen LogP) is -3.13. The topological polar surface area (TPSA) is 75.4 Å². The van der Waals surface area contributed by atoms with Gasteiger partial charge in [0.25, 0.3) is 5.17 Å². The zero-order valence-corrected chi connectivity index (χ0v) is 9.81. The Bertz CT molecular complexity index is 342. The molecule has 0 saturated carbocycles. The molecule has 4 N–H and O–H groups in total. The van der Waals surface area contributed by atoms with Gasteiger partial charge in [0.1, 0.15) is 0 Å². The first-order valence-corrected chi connectivity index (χ1v) is 4.70. The van der Waals surface area contributed by atoms with Crippen LogP contribution in [0.1, 0.15) is 11.1 Å². The number of halogens is 1. The second-order valence-corrected chi connectivity index (χ2v) is 3.55. The van der Waals surface area contributed by atoms with Crippen molar-refractivity contribution in [3.63, 3.8) is 0 Å². The van der Waals surface area contributed by atoms with Crippen LogP contribution in [0.5, 0.6) is 0 Å². The zero-order chi connectivity index (χ0) is 9.68. The van der Waals surface area contributed by atoms with Crippen LogP contribution in [0.4, 0.5) is 0 Å². The van der Waals surface area contributed by atoms with E-state index in [1.165, 1.54) is 11.8 Å². The van der Waals surface area contributed by atoms with Gasteiger partial charge in [-0.25, -0.2) is 0 Å². The maximum absolute atomic E-state index is 8.55. The summed E-state index contributed by atoms with van der Waals surface area (Å²) in [6, 6.07) is 9.41. The van der Waals surface area contributed by atoms with Crippen molar-refractivity contribution in [2.75, 3.05) is 0 Å². The highest BCUT2D eigenvalue weighted by Gasteiger charge is 1.98. The van der Waals surface area contributed by atoms with Gasteiger partial charge in [-0.3, -0.25) is 11.1 Å². The van der Waals surface area contributed by atoms with Crippen LogP contribution in [0, 0.1) is 11.3 Å². The first-order valence-electron chi connectivity index (χ1n) is 3.72. The summed E-state index contributed by atoms with van der Waals surface area (Å²) in [5.41, 5.74) is 7.08. The van der Waals surface area contributed by atoms with Crippen LogP contribution >= 0.6 is 11.8 Å². The third-order valence-electron chi connectivity index (χ3n) is 1.49. The lowest BCUT2D eigenvalue weighted by atomic mass is 10.2. The van der Waals surface area contributed by atoms with Gasteiger partial charge in [0.15, 0.2) is 0 Å². The molecule has 0 aliphatic carbocycles. The van der Waals surface area contributed by atoms with Crippen molar-refractivity contribution in [2.45, 2.75) is 5.75 Å². The van der Waals surface area contributed by atoms with E-state index in [0.717, 1.165) is 11.3 Å². The van der Waals surface area contributed by atoms with Crippen molar-refractivity contribution in [2.24, 2.45) is 5.73 Å². The number of nitrogens with zero attached hydrogens (tertiary/aromatic N) is 1. The van der Waals surface area contributed by atoms with Crippen molar-refractivity contribution in [1.82, 2.24) is 0 Å². The monoisotopic (exact) mass is 271 g/mol. The molecule has 3 nitrogen and oxygen atoms in total. The van der Waals surface area contributed by atoms with Gasteiger partial charge in [-0.05, 0) is 29.5 Å². The van der Waals surface area contributed by atoms with Crippen LogP contribution in [0.15, 0.2) is 24.3 Å². The quantitative estimate of drug-likeness (QED) is 0.441. The van der Waals surface area contributed by atoms with Crippen molar-refractivity contribution >= 4 is 16.9 Å². The number of hydrogen-bond donors (Lipinski definition) is 2. The highest BCUT2D eigenvalue weighted by atomic mass is 79.9. The number of rotatable bonds is 2. The van der Waals surface area contributed by atoms with E-state index in [9.17, 15) is 0 Å². The minimum absolute atomic E-state index is 0. The molecule has 1 rings (SSSR count). The van der Waals surface area contributed by atoms with Gasteiger partial charge in [0.2, 0.25) is 0 Å². The Morgan fingerprint density at radius 3 is 2.43 bits per heavy atom. The molecular formula is C9H10BrN3S. The first kappa shape index (κ1) is 13.0. The van der Waals surface area contributed by atoms with E-state index in [-0.39, 0.29) is 17.0 Å². The summed E-state index contributed by atoms with van der Waals surface area (Å²) >= 11 is 1.39. The van der Waals surface area contributed by atoms with Crippen LogP contribution in [-0.4, -0.2) is 5.17 Å². The summed E-state index contributed by atoms with van der Waals surface area (Å²) in [5, 5.41) is 14.2. The summed E-state index contributed by atoms with van der Waals surface area (Å²) < 4.78 is 0. The normalized spacial score (nSPS) is 8.50. The van der Waals surface area contributed by atoms with Gasteiger partial charge in [0.05, 0.1) is 11.6 Å². The summed E-state index contributed by atoms with van der Waals surface area (Å²) in [6.07, 6.45) is 0. The molecule has 5 heteroatoms. The van der Waals surface area contributed by atoms with E-state index in [4.69, 9.17) is 16.4 Å². The Morgan fingerprint density at radius 1 is 1.43 bits per heavy atom. The van der Waals surface area contributed by atoms with Crippen molar-refractivity contribution in [1.29, 1.82) is 5.26 Å². The second-order valence-electron chi connectivity index (χ2n) is 2.50. The van der Waals surface area contributed by atoms with E-state index >= 15 is 0 Å². The maximum Gasteiger partial charge on any atom is 0.300 e. The molecule has 74 valence electrons. The van der Waals surface area contributed by atoms with Crippen molar-refractivity contribution < 1.29 is 22.4 Å². The van der Waals surface area contributed by atoms with Gasteiger partial charge in [0, 0.05) is 5.75 Å². The molecule has 0 radical (unpaired) electrons. The molecular weight excluding hydrogens is 262 g/mol.